The summed E-state index contributed by atoms with van der Waals surface area (Å²) in [6.45, 7) is 4.99. The highest BCUT2D eigenvalue weighted by Gasteiger charge is 2.35. The van der Waals surface area contributed by atoms with E-state index in [1.165, 1.54) is 0 Å². The first-order valence-electron chi connectivity index (χ1n) is 5.54. The Labute approximate surface area is 105 Å². The number of alkyl halides is 1. The number of rotatable bonds is 2. The zero-order valence-corrected chi connectivity index (χ0v) is 10.7. The molecule has 0 saturated carbocycles. The topological polar surface area (TPSA) is 58.2 Å². The molecule has 94 valence electrons. The third-order valence-corrected chi connectivity index (χ3v) is 3.02. The summed E-state index contributed by atoms with van der Waals surface area (Å²) in [6.07, 6.45) is 1.45. The zero-order chi connectivity index (χ0) is 12.5. The molecule has 1 N–H and O–H groups in total. The van der Waals surface area contributed by atoms with Crippen molar-refractivity contribution >= 4 is 17.5 Å². The van der Waals surface area contributed by atoms with Gasteiger partial charge in [-0.3, -0.25) is 9.89 Å². The molecule has 17 heavy (non-hydrogen) atoms. The van der Waals surface area contributed by atoms with E-state index in [9.17, 15) is 4.79 Å². The van der Waals surface area contributed by atoms with Gasteiger partial charge >= 0.3 is 0 Å². The van der Waals surface area contributed by atoms with Crippen molar-refractivity contribution in [2.24, 2.45) is 0 Å². The van der Waals surface area contributed by atoms with Gasteiger partial charge < -0.3 is 9.64 Å². The minimum atomic E-state index is -0.368. The molecule has 2 heterocycles. The van der Waals surface area contributed by atoms with E-state index in [0.717, 1.165) is 0 Å². The van der Waals surface area contributed by atoms with Crippen LogP contribution in [-0.2, 0) is 4.74 Å². The number of H-pyrrole nitrogens is 1. The molecule has 1 unspecified atom stereocenters. The van der Waals surface area contributed by atoms with E-state index >= 15 is 0 Å². The Hall–Kier alpha value is -1.07. The number of hydrogen-bond acceptors (Lipinski definition) is 3. The lowest BCUT2D eigenvalue weighted by molar-refractivity contribution is -0.117. The van der Waals surface area contributed by atoms with Crippen molar-refractivity contribution in [1.82, 2.24) is 15.1 Å². The van der Waals surface area contributed by atoms with Crippen molar-refractivity contribution in [2.75, 3.05) is 19.0 Å². The molecule has 1 aromatic heterocycles. The van der Waals surface area contributed by atoms with Crippen molar-refractivity contribution in [2.45, 2.75) is 25.6 Å². The second-order valence-corrected chi connectivity index (χ2v) is 5.12. The molecule has 1 amide bonds. The minimum absolute atomic E-state index is 0.0611. The summed E-state index contributed by atoms with van der Waals surface area (Å²) in [4.78, 5) is 13.9. The summed E-state index contributed by atoms with van der Waals surface area (Å²) in [6, 6.07) is 1.67. The Morgan fingerprint density at radius 1 is 1.76 bits per heavy atom. The van der Waals surface area contributed by atoms with Gasteiger partial charge in [0, 0.05) is 19.3 Å². The number of carbonyl (C=O) groups is 1. The van der Waals surface area contributed by atoms with E-state index in [1.807, 2.05) is 13.8 Å². The van der Waals surface area contributed by atoms with E-state index in [-0.39, 0.29) is 17.6 Å². The van der Waals surface area contributed by atoms with Crippen LogP contribution in [0.5, 0.6) is 0 Å². The maximum absolute atomic E-state index is 12.2. The van der Waals surface area contributed by atoms with Gasteiger partial charge in [-0.2, -0.15) is 5.10 Å². The molecular formula is C11H16ClN3O2. The molecule has 1 aromatic rings. The third kappa shape index (κ3) is 2.79. The molecule has 0 bridgehead atoms. The van der Waals surface area contributed by atoms with Crippen molar-refractivity contribution in [3.63, 3.8) is 0 Å². The summed E-state index contributed by atoms with van der Waals surface area (Å²) in [5.41, 5.74) is 0.129. The molecule has 0 spiro atoms. The fourth-order valence-electron chi connectivity index (χ4n) is 2.08. The first-order chi connectivity index (χ1) is 8.02. The zero-order valence-electron chi connectivity index (χ0n) is 9.94. The molecular weight excluding hydrogens is 242 g/mol. The van der Waals surface area contributed by atoms with Gasteiger partial charge in [-0.05, 0) is 19.9 Å². The van der Waals surface area contributed by atoms with Crippen LogP contribution in [0.25, 0.3) is 0 Å². The highest BCUT2D eigenvalue weighted by atomic mass is 35.5. The van der Waals surface area contributed by atoms with Crippen molar-refractivity contribution in [1.29, 1.82) is 0 Å². The number of halogens is 1. The second-order valence-electron chi connectivity index (χ2n) is 4.81. The third-order valence-electron chi connectivity index (χ3n) is 2.67. The Morgan fingerprint density at radius 2 is 2.53 bits per heavy atom. The number of amides is 1. The minimum Gasteiger partial charge on any atom is -0.367 e. The maximum Gasteiger partial charge on any atom is 0.272 e. The molecule has 1 aliphatic rings. The van der Waals surface area contributed by atoms with Crippen LogP contribution in [0.3, 0.4) is 0 Å². The van der Waals surface area contributed by atoms with Crippen LogP contribution in [-0.4, -0.2) is 51.7 Å². The van der Waals surface area contributed by atoms with Gasteiger partial charge in [-0.15, -0.1) is 11.6 Å². The van der Waals surface area contributed by atoms with Crippen LogP contribution in [0, 0.1) is 0 Å². The van der Waals surface area contributed by atoms with Gasteiger partial charge in [0.1, 0.15) is 5.69 Å². The number of ether oxygens (including phenoxy) is 1. The highest BCUT2D eigenvalue weighted by Crippen LogP contribution is 2.22. The van der Waals surface area contributed by atoms with Crippen molar-refractivity contribution in [3.05, 3.63) is 18.0 Å². The number of nitrogens with one attached hydrogen (secondary N) is 1. The van der Waals surface area contributed by atoms with E-state index in [0.29, 0.717) is 24.7 Å². The Bertz CT molecular complexity index is 391. The number of aromatic nitrogens is 2. The lowest BCUT2D eigenvalue weighted by Crippen LogP contribution is -2.55. The molecule has 1 atom stereocenters. The monoisotopic (exact) mass is 257 g/mol. The van der Waals surface area contributed by atoms with Gasteiger partial charge in [0.15, 0.2) is 0 Å². The summed E-state index contributed by atoms with van der Waals surface area (Å²) in [5, 5.41) is 6.46. The summed E-state index contributed by atoms with van der Waals surface area (Å²) in [7, 11) is 0. The maximum atomic E-state index is 12.2. The summed E-state index contributed by atoms with van der Waals surface area (Å²) >= 11 is 5.82. The quantitative estimate of drug-likeness (QED) is 0.812. The van der Waals surface area contributed by atoms with Gasteiger partial charge in [-0.25, -0.2) is 0 Å². The Kier molecular flexibility index (Phi) is 3.40. The fourth-order valence-corrected chi connectivity index (χ4v) is 2.24. The molecule has 6 heteroatoms. The average molecular weight is 258 g/mol. The molecule has 0 aliphatic carbocycles. The fraction of sp³-hybridized carbons (Fsp3) is 0.636. The van der Waals surface area contributed by atoms with E-state index in [2.05, 4.69) is 10.2 Å². The largest absolute Gasteiger partial charge is 0.367 e. The molecule has 0 radical (unpaired) electrons. The number of carbonyl (C=O) groups excluding carboxylic acids is 1. The number of aromatic amines is 1. The van der Waals surface area contributed by atoms with E-state index < -0.39 is 0 Å². The van der Waals surface area contributed by atoms with Crippen molar-refractivity contribution in [3.8, 4) is 0 Å². The van der Waals surface area contributed by atoms with E-state index in [4.69, 9.17) is 16.3 Å². The van der Waals surface area contributed by atoms with Crippen LogP contribution in [0.1, 0.15) is 24.3 Å². The van der Waals surface area contributed by atoms with Gasteiger partial charge in [0.05, 0.1) is 17.6 Å². The van der Waals surface area contributed by atoms with Crippen LogP contribution in [0.15, 0.2) is 12.3 Å². The first kappa shape index (κ1) is 12.4. The van der Waals surface area contributed by atoms with E-state index in [1.54, 1.807) is 17.2 Å². The average Bonchev–Trinajstić information content (AvgIpc) is 2.79. The van der Waals surface area contributed by atoms with Gasteiger partial charge in [0.2, 0.25) is 0 Å². The summed E-state index contributed by atoms with van der Waals surface area (Å²) < 4.78 is 5.77. The lowest BCUT2D eigenvalue weighted by atomic mass is 10.1. The molecule has 1 aliphatic heterocycles. The van der Waals surface area contributed by atoms with Gasteiger partial charge in [0.25, 0.3) is 5.91 Å². The van der Waals surface area contributed by atoms with Crippen LogP contribution < -0.4 is 0 Å². The normalized spacial score (nSPS) is 23.7. The molecule has 0 aromatic carbocycles. The van der Waals surface area contributed by atoms with Gasteiger partial charge in [-0.1, -0.05) is 0 Å². The molecule has 5 nitrogen and oxygen atoms in total. The standard InChI is InChI=1S/C11H16ClN3O2/c1-11(2)7-15(6-8(5-12)17-11)10(16)9-3-4-13-14-9/h3-4,8H,5-7H2,1-2H3,(H,13,14). The van der Waals surface area contributed by atoms with Crippen LogP contribution in [0.2, 0.25) is 0 Å². The molecule has 2 rings (SSSR count). The lowest BCUT2D eigenvalue weighted by Gasteiger charge is -2.42. The number of morpholine rings is 1. The summed E-state index contributed by atoms with van der Waals surface area (Å²) in [5.74, 6) is 0.324. The SMILES string of the molecule is CC1(C)CN(C(=O)c2ccn[nH]2)CC(CCl)O1. The highest BCUT2D eigenvalue weighted by molar-refractivity contribution is 6.18. The molecule has 1 saturated heterocycles. The Morgan fingerprint density at radius 3 is 3.12 bits per heavy atom. The predicted molar refractivity (Wildman–Crippen MR) is 64.2 cm³/mol. The second kappa shape index (κ2) is 4.66. The van der Waals surface area contributed by atoms with Crippen LogP contribution >= 0.6 is 11.6 Å². The first-order valence-corrected chi connectivity index (χ1v) is 6.08. The number of nitrogens with zero attached hydrogens (tertiary/aromatic N) is 2. The van der Waals surface area contributed by atoms with Crippen molar-refractivity contribution < 1.29 is 9.53 Å². The predicted octanol–water partition coefficient (Wildman–Crippen LogP) is 1.27. The van der Waals surface area contributed by atoms with Crippen LogP contribution in [0.4, 0.5) is 0 Å². The smallest absolute Gasteiger partial charge is 0.272 e. The molecule has 1 fully saturated rings. The number of hydrogen-bond donors (Lipinski definition) is 1. The Balaban J connectivity index is 2.12.